The molecule has 2 heterocycles. The van der Waals surface area contributed by atoms with Crippen molar-refractivity contribution in [1.82, 2.24) is 5.32 Å². The van der Waals surface area contributed by atoms with Crippen LogP contribution >= 0.6 is 22.6 Å². The summed E-state index contributed by atoms with van der Waals surface area (Å²) in [5.41, 5.74) is 1.25. The van der Waals surface area contributed by atoms with Gasteiger partial charge in [0.25, 0.3) is 0 Å². The molecule has 2 nitrogen and oxygen atoms in total. The molecule has 2 aliphatic rings. The molecule has 0 aliphatic carbocycles. The summed E-state index contributed by atoms with van der Waals surface area (Å²) in [6.07, 6.45) is 5.40. The number of alkyl halides is 2. The SMILES string of the molecule is CC(I)C1=C(C2N=CC=CC2C)C(F)NC(F)=C1. The van der Waals surface area contributed by atoms with Crippen LogP contribution in [0.2, 0.25) is 0 Å². The van der Waals surface area contributed by atoms with E-state index in [2.05, 4.69) is 32.9 Å². The molecular weight excluding hydrogens is 349 g/mol. The second-order valence-corrected chi connectivity index (χ2v) is 6.38. The van der Waals surface area contributed by atoms with Crippen molar-refractivity contribution in [1.29, 1.82) is 0 Å². The van der Waals surface area contributed by atoms with Gasteiger partial charge in [0.2, 0.25) is 0 Å². The highest BCUT2D eigenvalue weighted by atomic mass is 127. The van der Waals surface area contributed by atoms with Crippen LogP contribution in [0.25, 0.3) is 0 Å². The minimum absolute atomic E-state index is 0.0389. The van der Waals surface area contributed by atoms with E-state index >= 15 is 0 Å². The summed E-state index contributed by atoms with van der Waals surface area (Å²) < 4.78 is 27.5. The Morgan fingerprint density at radius 1 is 1.50 bits per heavy atom. The molecule has 4 atom stereocenters. The van der Waals surface area contributed by atoms with Gasteiger partial charge in [-0.1, -0.05) is 35.6 Å². The average Bonchev–Trinajstić information content (AvgIpc) is 2.29. The lowest BCUT2D eigenvalue weighted by molar-refractivity contribution is 0.288. The summed E-state index contributed by atoms with van der Waals surface area (Å²) in [6.45, 7) is 3.91. The van der Waals surface area contributed by atoms with Gasteiger partial charge in [-0.15, -0.1) is 0 Å². The van der Waals surface area contributed by atoms with E-state index in [1.54, 1.807) is 6.21 Å². The van der Waals surface area contributed by atoms with E-state index in [9.17, 15) is 8.78 Å². The highest BCUT2D eigenvalue weighted by Gasteiger charge is 2.33. The number of allylic oxidation sites excluding steroid dienone is 3. The zero-order chi connectivity index (χ0) is 13.3. The predicted molar refractivity (Wildman–Crippen MR) is 78.3 cm³/mol. The van der Waals surface area contributed by atoms with E-state index in [1.807, 2.05) is 26.0 Å². The molecule has 0 aromatic heterocycles. The molecule has 0 aromatic rings. The molecule has 2 aliphatic heterocycles. The summed E-state index contributed by atoms with van der Waals surface area (Å²) >= 11 is 2.17. The number of aliphatic imine (C=N–C) groups is 1. The number of nitrogens with zero attached hydrogens (tertiary/aromatic N) is 1. The van der Waals surface area contributed by atoms with Gasteiger partial charge in [-0.2, -0.15) is 4.39 Å². The maximum Gasteiger partial charge on any atom is 0.196 e. The lowest BCUT2D eigenvalue weighted by Gasteiger charge is -2.31. The normalized spacial score (nSPS) is 33.2. The van der Waals surface area contributed by atoms with Crippen LogP contribution in [0.4, 0.5) is 8.78 Å². The van der Waals surface area contributed by atoms with Crippen molar-refractivity contribution in [3.05, 3.63) is 35.3 Å². The van der Waals surface area contributed by atoms with Crippen molar-refractivity contribution < 1.29 is 8.78 Å². The summed E-state index contributed by atoms with van der Waals surface area (Å²) in [4.78, 5) is 4.34. The predicted octanol–water partition coefficient (Wildman–Crippen LogP) is 3.46. The third-order valence-electron chi connectivity index (χ3n) is 3.15. The average molecular weight is 364 g/mol. The first kappa shape index (κ1) is 13.7. The molecule has 5 heteroatoms. The van der Waals surface area contributed by atoms with Crippen LogP contribution in [0.5, 0.6) is 0 Å². The van der Waals surface area contributed by atoms with E-state index in [-0.39, 0.29) is 15.9 Å². The molecule has 0 bridgehead atoms. The Kier molecular flexibility index (Phi) is 4.19. The molecule has 4 unspecified atom stereocenters. The van der Waals surface area contributed by atoms with Crippen LogP contribution in [-0.2, 0) is 0 Å². The lowest BCUT2D eigenvalue weighted by atomic mass is 9.87. The monoisotopic (exact) mass is 364 g/mol. The van der Waals surface area contributed by atoms with Crippen LogP contribution in [0.15, 0.2) is 40.3 Å². The molecule has 0 aromatic carbocycles. The number of nitrogens with one attached hydrogen (secondary N) is 1. The number of hydrogen-bond donors (Lipinski definition) is 1. The van der Waals surface area contributed by atoms with Gasteiger partial charge in [-0.25, -0.2) is 4.39 Å². The molecule has 0 saturated carbocycles. The van der Waals surface area contributed by atoms with Crippen LogP contribution in [-0.4, -0.2) is 22.5 Å². The molecule has 0 radical (unpaired) electrons. The fourth-order valence-electron chi connectivity index (χ4n) is 2.24. The van der Waals surface area contributed by atoms with Gasteiger partial charge >= 0.3 is 0 Å². The van der Waals surface area contributed by atoms with Gasteiger partial charge in [-0.05, 0) is 24.6 Å². The zero-order valence-corrected chi connectivity index (χ0v) is 12.4. The minimum atomic E-state index is -1.50. The van der Waals surface area contributed by atoms with Crippen molar-refractivity contribution in [2.24, 2.45) is 10.9 Å². The molecule has 0 fully saturated rings. The summed E-state index contributed by atoms with van der Waals surface area (Å²) in [5, 5.41) is 2.20. The van der Waals surface area contributed by atoms with Crippen molar-refractivity contribution in [3.63, 3.8) is 0 Å². The van der Waals surface area contributed by atoms with Crippen LogP contribution in [0.1, 0.15) is 13.8 Å². The van der Waals surface area contributed by atoms with Crippen molar-refractivity contribution in [2.45, 2.75) is 30.1 Å². The summed E-state index contributed by atoms with van der Waals surface area (Å²) in [6, 6.07) is -0.255. The van der Waals surface area contributed by atoms with Crippen LogP contribution in [0.3, 0.4) is 0 Å². The smallest absolute Gasteiger partial charge is 0.196 e. The first-order chi connectivity index (χ1) is 8.50. The highest BCUT2D eigenvalue weighted by molar-refractivity contribution is 14.1. The lowest BCUT2D eigenvalue weighted by Crippen LogP contribution is -2.37. The summed E-state index contributed by atoms with van der Waals surface area (Å²) in [7, 11) is 0. The van der Waals surface area contributed by atoms with E-state index < -0.39 is 12.2 Å². The van der Waals surface area contributed by atoms with E-state index in [0.717, 1.165) is 0 Å². The molecule has 0 spiro atoms. The third kappa shape index (κ3) is 2.65. The van der Waals surface area contributed by atoms with Crippen LogP contribution < -0.4 is 5.32 Å². The number of rotatable bonds is 2. The zero-order valence-electron chi connectivity index (χ0n) is 10.2. The van der Waals surface area contributed by atoms with Gasteiger partial charge < -0.3 is 5.32 Å². The van der Waals surface area contributed by atoms with Gasteiger partial charge in [0.1, 0.15) is 0 Å². The Balaban J connectivity index is 2.45. The molecule has 2 rings (SSSR count). The van der Waals surface area contributed by atoms with Gasteiger partial charge in [0, 0.05) is 21.6 Å². The molecular formula is C13H15F2IN2. The Morgan fingerprint density at radius 3 is 2.83 bits per heavy atom. The first-order valence-corrected chi connectivity index (χ1v) is 7.11. The molecule has 98 valence electrons. The second-order valence-electron chi connectivity index (χ2n) is 4.51. The quantitative estimate of drug-likeness (QED) is 0.453. The van der Waals surface area contributed by atoms with E-state index in [0.29, 0.717) is 11.1 Å². The Labute approximate surface area is 119 Å². The van der Waals surface area contributed by atoms with Gasteiger partial charge in [0.15, 0.2) is 12.2 Å². The molecule has 18 heavy (non-hydrogen) atoms. The second kappa shape index (κ2) is 5.50. The largest absolute Gasteiger partial charge is 0.329 e. The van der Waals surface area contributed by atoms with Crippen molar-refractivity contribution in [2.75, 3.05) is 0 Å². The number of hydrogen-bond acceptors (Lipinski definition) is 2. The molecule has 0 amide bonds. The fourth-order valence-corrected chi connectivity index (χ4v) is 2.78. The highest BCUT2D eigenvalue weighted by Crippen LogP contribution is 2.33. The fraction of sp³-hybridized carbons (Fsp3) is 0.462. The van der Waals surface area contributed by atoms with E-state index in [4.69, 9.17) is 0 Å². The third-order valence-corrected chi connectivity index (χ3v) is 3.82. The Hall–Kier alpha value is -0.720. The standard InChI is InChI=1S/C13H15F2IN2/c1-7-4-3-5-17-12(7)11-9(8(2)16)6-10(14)18-13(11)15/h3-8,12-13,18H,1-2H3. The summed E-state index contributed by atoms with van der Waals surface area (Å²) in [5.74, 6) is -0.502. The Morgan fingerprint density at radius 2 is 2.22 bits per heavy atom. The maximum absolute atomic E-state index is 14.1. The molecule has 1 N–H and O–H groups in total. The van der Waals surface area contributed by atoms with Crippen molar-refractivity contribution in [3.8, 4) is 0 Å². The maximum atomic E-state index is 14.1. The van der Waals surface area contributed by atoms with Crippen molar-refractivity contribution >= 4 is 28.8 Å². The van der Waals surface area contributed by atoms with Gasteiger partial charge in [-0.3, -0.25) is 4.99 Å². The van der Waals surface area contributed by atoms with Gasteiger partial charge in [0.05, 0.1) is 6.04 Å². The minimum Gasteiger partial charge on any atom is -0.329 e. The Bertz CT molecular complexity index is 452. The van der Waals surface area contributed by atoms with E-state index in [1.165, 1.54) is 6.08 Å². The first-order valence-electron chi connectivity index (χ1n) is 5.86. The molecule has 0 saturated heterocycles. The number of dihydropyridines is 2. The number of halogens is 3. The topological polar surface area (TPSA) is 24.4 Å². The van der Waals surface area contributed by atoms with Crippen LogP contribution in [0, 0.1) is 5.92 Å².